The van der Waals surface area contributed by atoms with E-state index in [1.54, 1.807) is 37.3 Å². The Morgan fingerprint density at radius 3 is 2.09 bits per heavy atom. The summed E-state index contributed by atoms with van der Waals surface area (Å²) in [5.74, 6) is -5.45. The number of nitrogens with one attached hydrogen (secondary N) is 1. The highest BCUT2D eigenvalue weighted by Crippen LogP contribution is 2.69. The number of aliphatic hydroxyl groups excluding tert-OH is 1. The van der Waals surface area contributed by atoms with Gasteiger partial charge in [0.1, 0.15) is 16.7 Å². The van der Waals surface area contributed by atoms with Crippen LogP contribution in [0.25, 0.3) is 0 Å². The van der Waals surface area contributed by atoms with Crippen LogP contribution in [0.15, 0.2) is 65.0 Å². The Balaban J connectivity index is 2.43. The van der Waals surface area contributed by atoms with Gasteiger partial charge in [-0.2, -0.15) is 5.43 Å². The number of ether oxygens (including phenoxy) is 2. The standard InChI is InChI=1S/C41H56N2O10/c1-11-51-37(49)42-43(38(50)52-12-2)53-32(45)23-30(28-16-14-13-15-17-28)41-35(47)33(31(44)22-27(7)8)34(46)40(36(41)48,21-20-26(5)6)24-29(39(41,9)10)19-18-25(3)4/h13-18,20,27,29-30,46H,11-12,19,21-24H2,1-10H3,(H,42,49)/t29?,30?,40-,41+/m0/s1. The van der Waals surface area contributed by atoms with Crippen LogP contribution >= 0.6 is 0 Å². The summed E-state index contributed by atoms with van der Waals surface area (Å²) < 4.78 is 9.83. The van der Waals surface area contributed by atoms with Crippen LogP contribution in [0.2, 0.25) is 0 Å². The molecule has 0 heterocycles. The first-order valence-corrected chi connectivity index (χ1v) is 18.3. The van der Waals surface area contributed by atoms with E-state index in [-0.39, 0.29) is 43.6 Å². The number of allylic oxidation sites excluding steroid dienone is 6. The number of Topliss-reactive ketones (excluding diaryl/α,β-unsaturated/α-hetero) is 3. The van der Waals surface area contributed by atoms with E-state index in [9.17, 15) is 24.3 Å². The average molecular weight is 737 g/mol. The van der Waals surface area contributed by atoms with Gasteiger partial charge in [-0.05, 0) is 88.8 Å². The molecule has 2 N–H and O–H groups in total. The number of hydrazine groups is 1. The van der Waals surface area contributed by atoms with E-state index in [2.05, 4.69) is 0 Å². The van der Waals surface area contributed by atoms with Crippen LogP contribution in [0.4, 0.5) is 9.59 Å². The SMILES string of the molecule is CCOC(=O)NN(OC(=O)CC(c1ccccc1)[C@]12C(=O)C(C(=O)CC(C)C)=C(O)[C@](CC=C(C)C)(CC(CC=C(C)C)C1(C)C)C2=O)C(=O)OCC. The van der Waals surface area contributed by atoms with Gasteiger partial charge in [-0.15, -0.1) is 0 Å². The molecular weight excluding hydrogens is 680 g/mol. The minimum absolute atomic E-state index is 0.0287. The molecule has 2 unspecified atom stereocenters. The predicted molar refractivity (Wildman–Crippen MR) is 198 cm³/mol. The fourth-order valence-corrected chi connectivity index (χ4v) is 7.85. The van der Waals surface area contributed by atoms with Crippen molar-refractivity contribution in [2.45, 2.75) is 107 Å². The highest BCUT2D eigenvalue weighted by molar-refractivity contribution is 6.32. The van der Waals surface area contributed by atoms with Crippen molar-refractivity contribution in [3.8, 4) is 0 Å². The number of fused-ring (bicyclic) bond motifs is 2. The lowest BCUT2D eigenvalue weighted by Crippen LogP contribution is -2.69. The number of benzene rings is 1. The first kappa shape index (κ1) is 42.7. The maximum atomic E-state index is 15.7. The molecule has 2 aliphatic rings. The number of hydrogen-bond acceptors (Lipinski definition) is 10. The smallest absolute Gasteiger partial charge is 0.463 e. The lowest BCUT2D eigenvalue weighted by molar-refractivity contribution is -0.195. The third kappa shape index (κ3) is 8.57. The number of ketones is 3. The zero-order chi connectivity index (χ0) is 39.9. The number of carbonyl (C=O) groups excluding carboxylic acids is 6. The van der Waals surface area contributed by atoms with Crippen LogP contribution in [0.5, 0.6) is 0 Å². The van der Waals surface area contributed by atoms with Gasteiger partial charge in [-0.1, -0.05) is 81.3 Å². The molecule has 2 aliphatic carbocycles. The number of carbonyl (C=O) groups is 6. The molecule has 4 atom stereocenters. The molecule has 290 valence electrons. The molecule has 1 saturated carbocycles. The maximum absolute atomic E-state index is 15.7. The Kier molecular flexibility index (Phi) is 14.0. The number of amides is 2. The lowest BCUT2D eigenvalue weighted by atomic mass is 9.37. The number of rotatable bonds is 13. The third-order valence-electron chi connectivity index (χ3n) is 10.4. The van der Waals surface area contributed by atoms with Gasteiger partial charge < -0.3 is 19.4 Å². The van der Waals surface area contributed by atoms with E-state index >= 15 is 9.59 Å². The molecule has 3 rings (SSSR count). The third-order valence-corrected chi connectivity index (χ3v) is 10.4. The minimum Gasteiger partial charge on any atom is -0.510 e. The molecule has 2 amide bonds. The van der Waals surface area contributed by atoms with Gasteiger partial charge in [-0.3, -0.25) is 14.4 Å². The Morgan fingerprint density at radius 1 is 0.943 bits per heavy atom. The van der Waals surface area contributed by atoms with E-state index in [1.807, 2.05) is 73.0 Å². The van der Waals surface area contributed by atoms with E-state index in [0.717, 1.165) is 11.1 Å². The molecule has 0 aromatic heterocycles. The normalized spacial score (nSPS) is 22.4. The maximum Gasteiger partial charge on any atom is 0.463 e. The zero-order valence-corrected chi connectivity index (χ0v) is 32.8. The average Bonchev–Trinajstić information content (AvgIpc) is 3.06. The summed E-state index contributed by atoms with van der Waals surface area (Å²) >= 11 is 0. The molecule has 0 spiro atoms. The van der Waals surface area contributed by atoms with Gasteiger partial charge in [0.15, 0.2) is 17.3 Å². The van der Waals surface area contributed by atoms with Crippen molar-refractivity contribution >= 4 is 35.5 Å². The predicted octanol–water partition coefficient (Wildman–Crippen LogP) is 8.05. The number of nitrogens with zero attached hydrogens (tertiary/aromatic N) is 1. The second-order valence-corrected chi connectivity index (χ2v) is 15.4. The van der Waals surface area contributed by atoms with Crippen LogP contribution in [0.3, 0.4) is 0 Å². The van der Waals surface area contributed by atoms with Crippen molar-refractivity contribution in [1.29, 1.82) is 0 Å². The quantitative estimate of drug-likeness (QED) is 0.0876. The van der Waals surface area contributed by atoms with Crippen LogP contribution in [-0.4, -0.2) is 59.0 Å². The summed E-state index contributed by atoms with van der Waals surface area (Å²) in [6, 6.07) is 8.54. The van der Waals surface area contributed by atoms with Crippen LogP contribution in [0.1, 0.15) is 113 Å². The molecule has 1 aromatic carbocycles. The topological polar surface area (TPSA) is 166 Å². The van der Waals surface area contributed by atoms with Gasteiger partial charge in [0.25, 0.3) is 0 Å². The van der Waals surface area contributed by atoms with E-state index in [0.29, 0.717) is 12.0 Å². The largest absolute Gasteiger partial charge is 0.510 e. The first-order valence-electron chi connectivity index (χ1n) is 18.3. The summed E-state index contributed by atoms with van der Waals surface area (Å²) in [6.45, 7) is 17.8. The number of hydroxylamine groups is 1. The molecule has 2 bridgehead atoms. The van der Waals surface area contributed by atoms with Gasteiger partial charge >= 0.3 is 18.2 Å². The molecule has 1 fully saturated rings. The Labute approximate surface area is 312 Å². The minimum atomic E-state index is -2.08. The fraction of sp³-hybridized carbons (Fsp3) is 0.561. The fourth-order valence-electron chi connectivity index (χ4n) is 7.85. The lowest BCUT2D eigenvalue weighted by Gasteiger charge is -2.62. The molecule has 0 radical (unpaired) electrons. The Bertz CT molecular complexity index is 1670. The van der Waals surface area contributed by atoms with Gasteiger partial charge in [0, 0.05) is 12.3 Å². The van der Waals surface area contributed by atoms with Crippen molar-refractivity contribution in [3.63, 3.8) is 0 Å². The molecule has 53 heavy (non-hydrogen) atoms. The van der Waals surface area contributed by atoms with Gasteiger partial charge in [-0.25, -0.2) is 14.4 Å². The van der Waals surface area contributed by atoms with Crippen LogP contribution in [0, 0.1) is 28.1 Å². The van der Waals surface area contributed by atoms with Crippen molar-refractivity contribution in [3.05, 3.63) is 70.5 Å². The molecule has 0 saturated heterocycles. The summed E-state index contributed by atoms with van der Waals surface area (Å²) in [5.41, 5.74) is -1.02. The van der Waals surface area contributed by atoms with Crippen molar-refractivity contribution in [1.82, 2.24) is 10.6 Å². The van der Waals surface area contributed by atoms with E-state index < -0.39 is 81.3 Å². The monoisotopic (exact) mass is 736 g/mol. The first-order chi connectivity index (χ1) is 24.8. The van der Waals surface area contributed by atoms with Crippen LogP contribution < -0.4 is 5.43 Å². The van der Waals surface area contributed by atoms with Crippen LogP contribution in [-0.2, 0) is 33.5 Å². The second kappa shape index (κ2) is 17.4. The molecule has 12 heteroatoms. The number of aliphatic hydroxyl groups is 1. The molecular formula is C41H56N2O10. The molecule has 1 aromatic rings. The second-order valence-electron chi connectivity index (χ2n) is 15.4. The zero-order valence-electron chi connectivity index (χ0n) is 32.8. The Hall–Kier alpha value is -4.74. The Morgan fingerprint density at radius 2 is 1.55 bits per heavy atom. The number of hydrogen-bond donors (Lipinski definition) is 2. The highest BCUT2D eigenvalue weighted by Gasteiger charge is 2.75. The molecule has 0 aliphatic heterocycles. The van der Waals surface area contributed by atoms with Crippen molar-refractivity contribution in [2.24, 2.45) is 28.1 Å². The summed E-state index contributed by atoms with van der Waals surface area (Å²) in [6.07, 6.45) is 1.47. The summed E-state index contributed by atoms with van der Waals surface area (Å²) in [4.78, 5) is 90.0. The molecule has 12 nitrogen and oxygen atoms in total. The summed E-state index contributed by atoms with van der Waals surface area (Å²) in [7, 11) is 0. The van der Waals surface area contributed by atoms with Crippen molar-refractivity contribution in [2.75, 3.05) is 13.2 Å². The van der Waals surface area contributed by atoms with E-state index in [1.165, 1.54) is 6.92 Å². The highest BCUT2D eigenvalue weighted by atomic mass is 16.8. The van der Waals surface area contributed by atoms with E-state index in [4.69, 9.17) is 14.3 Å². The van der Waals surface area contributed by atoms with Gasteiger partial charge in [0.05, 0.1) is 25.0 Å². The summed E-state index contributed by atoms with van der Waals surface area (Å²) in [5, 5.41) is 12.4. The van der Waals surface area contributed by atoms with Crippen molar-refractivity contribution < 1.29 is 48.2 Å². The van der Waals surface area contributed by atoms with Gasteiger partial charge in [0.2, 0.25) is 0 Å².